The highest BCUT2D eigenvalue weighted by Crippen LogP contribution is 2.33. The molecule has 0 atom stereocenters. The van der Waals surface area contributed by atoms with Crippen molar-refractivity contribution < 1.29 is 19.7 Å². The molecule has 0 spiro atoms. The average molecular weight is 244 g/mol. The molecular weight excluding hydrogens is 232 g/mol. The van der Waals surface area contributed by atoms with E-state index in [0.29, 0.717) is 6.29 Å². The summed E-state index contributed by atoms with van der Waals surface area (Å²) < 4.78 is 5.38. The maximum Gasteiger partial charge on any atom is 0.165 e. The molecule has 0 saturated carbocycles. The molecule has 18 heavy (non-hydrogen) atoms. The predicted molar refractivity (Wildman–Crippen MR) is 65.9 cm³/mol. The Hall–Kier alpha value is -2.49. The van der Waals surface area contributed by atoms with Gasteiger partial charge in [-0.15, -0.1) is 0 Å². The molecule has 92 valence electrons. The second-order valence-electron chi connectivity index (χ2n) is 3.77. The van der Waals surface area contributed by atoms with Crippen molar-refractivity contribution in [1.29, 1.82) is 0 Å². The molecule has 0 aromatic heterocycles. The maximum absolute atomic E-state index is 10.6. The summed E-state index contributed by atoms with van der Waals surface area (Å²) in [5.41, 5.74) is 0.968. The molecule has 0 fully saturated rings. The molecule has 4 heteroatoms. The second kappa shape index (κ2) is 5.23. The molecule has 2 rings (SSSR count). The van der Waals surface area contributed by atoms with E-state index in [4.69, 9.17) is 4.74 Å². The summed E-state index contributed by atoms with van der Waals surface area (Å²) in [6.45, 7) is 0.272. The molecular formula is C14H12O4. The average Bonchev–Trinajstić information content (AvgIpc) is 2.40. The second-order valence-corrected chi connectivity index (χ2v) is 3.77. The normalized spacial score (nSPS) is 10.0. The van der Waals surface area contributed by atoms with Crippen LogP contribution < -0.4 is 4.74 Å². The van der Waals surface area contributed by atoms with Gasteiger partial charge in [0.15, 0.2) is 17.8 Å². The van der Waals surface area contributed by atoms with Crippen LogP contribution in [0.2, 0.25) is 0 Å². The molecule has 0 aliphatic rings. The Morgan fingerprint density at radius 1 is 1.06 bits per heavy atom. The van der Waals surface area contributed by atoms with Gasteiger partial charge in [-0.05, 0) is 11.6 Å². The van der Waals surface area contributed by atoms with Gasteiger partial charge in [-0.3, -0.25) is 4.79 Å². The fourth-order valence-corrected chi connectivity index (χ4v) is 1.52. The number of benzene rings is 2. The highest BCUT2D eigenvalue weighted by molar-refractivity contribution is 5.80. The van der Waals surface area contributed by atoms with Gasteiger partial charge in [-0.1, -0.05) is 30.3 Å². The summed E-state index contributed by atoms with van der Waals surface area (Å²) in [4.78, 5) is 10.6. The first kappa shape index (κ1) is 12.0. The van der Waals surface area contributed by atoms with E-state index in [1.165, 1.54) is 12.1 Å². The quantitative estimate of drug-likeness (QED) is 0.640. The van der Waals surface area contributed by atoms with Gasteiger partial charge in [0.1, 0.15) is 12.4 Å². The van der Waals surface area contributed by atoms with Crippen LogP contribution >= 0.6 is 0 Å². The first-order valence-electron chi connectivity index (χ1n) is 5.38. The van der Waals surface area contributed by atoms with Crippen molar-refractivity contribution in [2.75, 3.05) is 0 Å². The smallest absolute Gasteiger partial charge is 0.165 e. The highest BCUT2D eigenvalue weighted by Gasteiger charge is 2.09. The molecule has 0 aliphatic heterocycles. The Balaban J connectivity index is 2.15. The van der Waals surface area contributed by atoms with E-state index in [-0.39, 0.29) is 29.4 Å². The molecule has 0 saturated heterocycles. The van der Waals surface area contributed by atoms with E-state index in [0.717, 1.165) is 5.56 Å². The van der Waals surface area contributed by atoms with Crippen LogP contribution in [0.1, 0.15) is 15.9 Å². The lowest BCUT2D eigenvalue weighted by Gasteiger charge is -2.09. The zero-order chi connectivity index (χ0) is 13.0. The minimum Gasteiger partial charge on any atom is -0.507 e. The predicted octanol–water partition coefficient (Wildman–Crippen LogP) is 2.49. The third-order valence-corrected chi connectivity index (χ3v) is 2.47. The zero-order valence-corrected chi connectivity index (χ0v) is 9.54. The molecule has 0 aliphatic carbocycles. The lowest BCUT2D eigenvalue weighted by molar-refractivity contribution is 0.112. The number of carbonyl (C=O) groups excluding carboxylic acids is 1. The van der Waals surface area contributed by atoms with Crippen LogP contribution in [0, 0.1) is 0 Å². The topological polar surface area (TPSA) is 66.8 Å². The van der Waals surface area contributed by atoms with Gasteiger partial charge in [-0.25, -0.2) is 0 Å². The van der Waals surface area contributed by atoms with Gasteiger partial charge < -0.3 is 14.9 Å². The Bertz CT molecular complexity index is 549. The van der Waals surface area contributed by atoms with Crippen LogP contribution in [0.5, 0.6) is 17.2 Å². The van der Waals surface area contributed by atoms with E-state index in [2.05, 4.69) is 0 Å². The summed E-state index contributed by atoms with van der Waals surface area (Å²) in [6.07, 6.45) is 0.468. The first-order valence-corrected chi connectivity index (χ1v) is 5.38. The van der Waals surface area contributed by atoms with Crippen molar-refractivity contribution in [1.82, 2.24) is 0 Å². The molecule has 2 aromatic rings. The van der Waals surface area contributed by atoms with E-state index < -0.39 is 0 Å². The van der Waals surface area contributed by atoms with E-state index in [9.17, 15) is 15.0 Å². The monoisotopic (exact) mass is 244 g/mol. The number of rotatable bonds is 4. The number of phenolic OH excluding ortho intramolecular Hbond substituents is 2. The maximum atomic E-state index is 10.6. The standard InChI is InChI=1S/C14H12O4/c15-8-11-6-13(17)14(7-12(11)16)18-9-10-4-2-1-3-5-10/h1-8,16-17H,9H2. The van der Waals surface area contributed by atoms with Crippen molar-refractivity contribution in [3.05, 3.63) is 53.6 Å². The molecule has 4 nitrogen and oxygen atoms in total. The Morgan fingerprint density at radius 2 is 1.78 bits per heavy atom. The molecule has 0 bridgehead atoms. The Labute approximate surface area is 104 Å². The number of phenols is 2. The van der Waals surface area contributed by atoms with Crippen molar-refractivity contribution in [2.45, 2.75) is 6.61 Å². The zero-order valence-electron chi connectivity index (χ0n) is 9.54. The van der Waals surface area contributed by atoms with Gasteiger partial charge in [0, 0.05) is 6.07 Å². The number of carbonyl (C=O) groups is 1. The fourth-order valence-electron chi connectivity index (χ4n) is 1.52. The summed E-state index contributed by atoms with van der Waals surface area (Å²) >= 11 is 0. The molecule has 0 unspecified atom stereocenters. The highest BCUT2D eigenvalue weighted by atomic mass is 16.5. The number of hydrogen-bond acceptors (Lipinski definition) is 4. The molecule has 0 radical (unpaired) electrons. The fraction of sp³-hybridized carbons (Fsp3) is 0.0714. The van der Waals surface area contributed by atoms with Crippen LogP contribution in [0.4, 0.5) is 0 Å². The third kappa shape index (κ3) is 2.60. The number of ether oxygens (including phenoxy) is 1. The van der Waals surface area contributed by atoms with Crippen LogP contribution in [0.25, 0.3) is 0 Å². The van der Waals surface area contributed by atoms with Crippen LogP contribution in [-0.2, 0) is 6.61 Å². The number of aromatic hydroxyl groups is 2. The first-order chi connectivity index (χ1) is 8.70. The van der Waals surface area contributed by atoms with Gasteiger partial charge >= 0.3 is 0 Å². The lowest BCUT2D eigenvalue weighted by Crippen LogP contribution is -1.96. The van der Waals surface area contributed by atoms with Crippen LogP contribution in [-0.4, -0.2) is 16.5 Å². The summed E-state index contributed by atoms with van der Waals surface area (Å²) in [5, 5.41) is 19.1. The van der Waals surface area contributed by atoms with Gasteiger partial charge in [-0.2, -0.15) is 0 Å². The number of hydrogen-bond donors (Lipinski definition) is 2. The molecule has 2 aromatic carbocycles. The van der Waals surface area contributed by atoms with E-state index >= 15 is 0 Å². The SMILES string of the molecule is O=Cc1cc(O)c(OCc2ccccc2)cc1O. The van der Waals surface area contributed by atoms with Crippen LogP contribution in [0.15, 0.2) is 42.5 Å². The van der Waals surface area contributed by atoms with Crippen molar-refractivity contribution in [3.8, 4) is 17.2 Å². The van der Waals surface area contributed by atoms with Crippen LogP contribution in [0.3, 0.4) is 0 Å². The van der Waals surface area contributed by atoms with Crippen molar-refractivity contribution in [3.63, 3.8) is 0 Å². The number of aldehydes is 1. The Kier molecular flexibility index (Phi) is 3.48. The summed E-state index contributed by atoms with van der Waals surface area (Å²) in [7, 11) is 0. The summed E-state index contributed by atoms with van der Waals surface area (Å²) in [6, 6.07) is 11.8. The van der Waals surface area contributed by atoms with E-state index in [1.54, 1.807) is 0 Å². The Morgan fingerprint density at radius 3 is 2.44 bits per heavy atom. The molecule has 0 heterocycles. The summed E-state index contributed by atoms with van der Waals surface area (Å²) in [5.74, 6) is -0.251. The minimum absolute atomic E-state index is 0.0274. The van der Waals surface area contributed by atoms with Gasteiger partial charge in [0.2, 0.25) is 0 Å². The van der Waals surface area contributed by atoms with Crippen molar-refractivity contribution in [2.24, 2.45) is 0 Å². The molecule has 2 N–H and O–H groups in total. The van der Waals surface area contributed by atoms with E-state index in [1.807, 2.05) is 30.3 Å². The minimum atomic E-state index is -0.217. The molecule has 0 amide bonds. The van der Waals surface area contributed by atoms with Gasteiger partial charge in [0.25, 0.3) is 0 Å². The van der Waals surface area contributed by atoms with Crippen molar-refractivity contribution >= 4 is 6.29 Å². The van der Waals surface area contributed by atoms with Gasteiger partial charge in [0.05, 0.1) is 5.56 Å². The lowest BCUT2D eigenvalue weighted by atomic mass is 10.2. The third-order valence-electron chi connectivity index (χ3n) is 2.47. The largest absolute Gasteiger partial charge is 0.507 e.